The lowest BCUT2D eigenvalue weighted by Gasteiger charge is -2.40. The average Bonchev–Trinajstić information content (AvgIpc) is 2.45. The van der Waals surface area contributed by atoms with Crippen molar-refractivity contribution in [2.75, 3.05) is 33.7 Å². The van der Waals surface area contributed by atoms with Gasteiger partial charge in [-0.15, -0.1) is 0 Å². The highest BCUT2D eigenvalue weighted by Gasteiger charge is 2.33. The van der Waals surface area contributed by atoms with E-state index in [0.29, 0.717) is 12.1 Å². The lowest BCUT2D eigenvalue weighted by molar-refractivity contribution is -0.136. The van der Waals surface area contributed by atoms with Gasteiger partial charge in [-0.3, -0.25) is 9.69 Å². The summed E-state index contributed by atoms with van der Waals surface area (Å²) in [6, 6.07) is 4.22. The third-order valence-corrected chi connectivity index (χ3v) is 3.97. The molecule has 6 heteroatoms. The van der Waals surface area contributed by atoms with E-state index >= 15 is 0 Å². The van der Waals surface area contributed by atoms with Gasteiger partial charge in [0.05, 0.1) is 0 Å². The van der Waals surface area contributed by atoms with Gasteiger partial charge in [-0.1, -0.05) is 6.07 Å². The fraction of sp³-hybridized carbons (Fsp3) is 0.533. The average molecular weight is 293 g/mol. The number of hydrogen-bond acceptors (Lipinski definition) is 5. The molecule has 1 fully saturated rings. The van der Waals surface area contributed by atoms with E-state index in [-0.39, 0.29) is 29.5 Å². The molecule has 3 N–H and O–H groups in total. The molecule has 1 aromatic rings. The maximum atomic E-state index is 12.3. The number of nitrogens with one attached hydrogen (secondary N) is 1. The summed E-state index contributed by atoms with van der Waals surface area (Å²) < 4.78 is 0. The van der Waals surface area contributed by atoms with E-state index in [4.69, 9.17) is 0 Å². The van der Waals surface area contributed by atoms with E-state index in [9.17, 15) is 15.0 Å². The third-order valence-electron chi connectivity index (χ3n) is 3.97. The Kier molecular flexibility index (Phi) is 4.69. The van der Waals surface area contributed by atoms with Crippen molar-refractivity contribution in [3.8, 4) is 11.5 Å². The molecule has 6 nitrogen and oxygen atoms in total. The van der Waals surface area contributed by atoms with Gasteiger partial charge in [0.1, 0.15) is 17.5 Å². The summed E-state index contributed by atoms with van der Waals surface area (Å²) in [6.45, 7) is 4.10. The van der Waals surface area contributed by atoms with Crippen molar-refractivity contribution < 1.29 is 15.0 Å². The van der Waals surface area contributed by atoms with E-state index in [1.54, 1.807) is 31.1 Å². The van der Waals surface area contributed by atoms with Gasteiger partial charge in [0.25, 0.3) is 0 Å². The number of carbonyl (C=O) groups excluding carboxylic acids is 1. The van der Waals surface area contributed by atoms with Crippen molar-refractivity contribution >= 4 is 5.91 Å². The molecule has 2 rings (SSSR count). The van der Waals surface area contributed by atoms with Crippen LogP contribution in [0.25, 0.3) is 0 Å². The number of amides is 1. The van der Waals surface area contributed by atoms with Crippen LogP contribution in [0.5, 0.6) is 11.5 Å². The number of nitrogens with zero attached hydrogens (tertiary/aromatic N) is 2. The highest BCUT2D eigenvalue weighted by molar-refractivity contribution is 5.81. The number of aromatic hydroxyl groups is 2. The molecule has 1 amide bonds. The van der Waals surface area contributed by atoms with E-state index < -0.39 is 0 Å². The van der Waals surface area contributed by atoms with Crippen LogP contribution < -0.4 is 5.32 Å². The Hall–Kier alpha value is -1.79. The Labute approximate surface area is 125 Å². The standard InChI is InChI=1S/C15H23N3O3/c1-10(12-5-4-11(19)8-14(12)20)18-7-6-16-9-13(18)15(21)17(2)3/h4-5,8,10,13,16,19-20H,6-7,9H2,1-3H3. The first-order valence-corrected chi connectivity index (χ1v) is 7.11. The molecular weight excluding hydrogens is 270 g/mol. The number of hydrogen-bond donors (Lipinski definition) is 3. The maximum absolute atomic E-state index is 12.3. The van der Waals surface area contributed by atoms with Crippen molar-refractivity contribution in [2.24, 2.45) is 0 Å². The monoisotopic (exact) mass is 293 g/mol. The predicted molar refractivity (Wildman–Crippen MR) is 80.2 cm³/mol. The summed E-state index contributed by atoms with van der Waals surface area (Å²) in [5.41, 5.74) is 0.714. The van der Waals surface area contributed by atoms with Gasteiger partial charge in [-0.2, -0.15) is 0 Å². The number of carbonyl (C=O) groups is 1. The molecule has 1 heterocycles. The van der Waals surface area contributed by atoms with Gasteiger partial charge in [0.15, 0.2) is 0 Å². The van der Waals surface area contributed by atoms with Crippen LogP contribution in [0.2, 0.25) is 0 Å². The highest BCUT2D eigenvalue weighted by Crippen LogP contribution is 2.32. The van der Waals surface area contributed by atoms with Gasteiger partial charge in [-0.05, 0) is 13.0 Å². The predicted octanol–water partition coefficient (Wildman–Crippen LogP) is 0.521. The lowest BCUT2D eigenvalue weighted by Crippen LogP contribution is -2.58. The molecule has 1 aliphatic heterocycles. The molecule has 116 valence electrons. The largest absolute Gasteiger partial charge is 0.508 e. The number of benzene rings is 1. The van der Waals surface area contributed by atoms with Crippen molar-refractivity contribution in [2.45, 2.75) is 19.0 Å². The van der Waals surface area contributed by atoms with E-state index in [1.165, 1.54) is 6.07 Å². The zero-order valence-electron chi connectivity index (χ0n) is 12.7. The second-order valence-corrected chi connectivity index (χ2v) is 5.61. The summed E-state index contributed by atoms with van der Waals surface area (Å²) in [7, 11) is 3.50. The van der Waals surface area contributed by atoms with Gasteiger partial charge in [0, 0.05) is 51.4 Å². The van der Waals surface area contributed by atoms with Crippen LogP contribution in [0.4, 0.5) is 0 Å². The minimum Gasteiger partial charge on any atom is -0.508 e. The van der Waals surface area contributed by atoms with Crippen LogP contribution in [0.15, 0.2) is 18.2 Å². The Morgan fingerprint density at radius 1 is 1.43 bits per heavy atom. The fourth-order valence-electron chi connectivity index (χ4n) is 2.77. The number of rotatable bonds is 3. The number of phenols is 2. The SMILES string of the molecule is CC(c1ccc(O)cc1O)N1CCNCC1C(=O)N(C)C. The summed E-state index contributed by atoms with van der Waals surface area (Å²) >= 11 is 0. The molecule has 1 saturated heterocycles. The molecule has 1 aromatic carbocycles. The van der Waals surface area contributed by atoms with Gasteiger partial charge in [0.2, 0.25) is 5.91 Å². The lowest BCUT2D eigenvalue weighted by atomic mass is 10.0. The summed E-state index contributed by atoms with van der Waals surface area (Å²) in [5, 5.41) is 22.7. The van der Waals surface area contributed by atoms with Crippen LogP contribution in [0.1, 0.15) is 18.5 Å². The molecule has 2 atom stereocenters. The second kappa shape index (κ2) is 6.32. The number of phenolic OH excluding ortho intramolecular Hbond substituents is 2. The molecule has 0 aliphatic carbocycles. The van der Waals surface area contributed by atoms with E-state index in [0.717, 1.165) is 13.1 Å². The van der Waals surface area contributed by atoms with Crippen LogP contribution in [-0.2, 0) is 4.79 Å². The molecule has 0 spiro atoms. The number of likely N-dealkylation sites (N-methyl/N-ethyl adjacent to an activating group) is 1. The first-order chi connectivity index (χ1) is 9.91. The summed E-state index contributed by atoms with van der Waals surface area (Å²) in [6.07, 6.45) is 0. The van der Waals surface area contributed by atoms with Crippen LogP contribution in [0, 0.1) is 0 Å². The maximum Gasteiger partial charge on any atom is 0.240 e. The summed E-state index contributed by atoms with van der Waals surface area (Å²) in [4.78, 5) is 16.0. The van der Waals surface area contributed by atoms with Crippen molar-refractivity contribution in [1.82, 2.24) is 15.1 Å². The Morgan fingerprint density at radius 2 is 2.14 bits per heavy atom. The molecule has 1 aliphatic rings. The normalized spacial score (nSPS) is 21.0. The van der Waals surface area contributed by atoms with E-state index in [2.05, 4.69) is 10.2 Å². The van der Waals surface area contributed by atoms with Crippen molar-refractivity contribution in [3.63, 3.8) is 0 Å². The van der Waals surface area contributed by atoms with Gasteiger partial charge < -0.3 is 20.4 Å². The van der Waals surface area contributed by atoms with Crippen molar-refractivity contribution in [1.29, 1.82) is 0 Å². The van der Waals surface area contributed by atoms with E-state index in [1.807, 2.05) is 6.92 Å². The molecular formula is C15H23N3O3. The molecule has 0 saturated carbocycles. The summed E-state index contributed by atoms with van der Waals surface area (Å²) in [5.74, 6) is 0.133. The van der Waals surface area contributed by atoms with Gasteiger partial charge >= 0.3 is 0 Å². The topological polar surface area (TPSA) is 76.0 Å². The molecule has 0 radical (unpaired) electrons. The first-order valence-electron chi connectivity index (χ1n) is 7.11. The Morgan fingerprint density at radius 3 is 2.76 bits per heavy atom. The number of piperazine rings is 1. The minimum absolute atomic E-state index is 0.0321. The zero-order chi connectivity index (χ0) is 15.6. The quantitative estimate of drug-likeness (QED) is 0.757. The Balaban J connectivity index is 2.26. The van der Waals surface area contributed by atoms with Crippen LogP contribution >= 0.6 is 0 Å². The van der Waals surface area contributed by atoms with Crippen LogP contribution in [-0.4, -0.2) is 65.7 Å². The second-order valence-electron chi connectivity index (χ2n) is 5.61. The highest BCUT2D eigenvalue weighted by atomic mass is 16.3. The zero-order valence-corrected chi connectivity index (χ0v) is 12.7. The fourth-order valence-corrected chi connectivity index (χ4v) is 2.77. The molecule has 21 heavy (non-hydrogen) atoms. The smallest absolute Gasteiger partial charge is 0.240 e. The first kappa shape index (κ1) is 15.6. The molecule has 0 aromatic heterocycles. The van der Waals surface area contributed by atoms with Gasteiger partial charge in [-0.25, -0.2) is 0 Å². The molecule has 0 bridgehead atoms. The minimum atomic E-state index is -0.253. The Bertz CT molecular complexity index is 519. The third kappa shape index (κ3) is 3.28. The van der Waals surface area contributed by atoms with Crippen LogP contribution in [0.3, 0.4) is 0 Å². The molecule has 2 unspecified atom stereocenters. The van der Waals surface area contributed by atoms with Crippen molar-refractivity contribution in [3.05, 3.63) is 23.8 Å².